The SMILES string of the molecule is C=CCCC[C@H](N)C(=O)O. The molecule has 3 N–H and O–H groups in total. The lowest BCUT2D eigenvalue weighted by molar-refractivity contribution is -0.138. The third-order valence-corrected chi connectivity index (χ3v) is 1.24. The highest BCUT2D eigenvalue weighted by Crippen LogP contribution is 1.98. The largest absolute Gasteiger partial charge is 0.480 e. The molecule has 0 radical (unpaired) electrons. The summed E-state index contributed by atoms with van der Waals surface area (Å²) in [5.41, 5.74) is 5.22. The van der Waals surface area contributed by atoms with E-state index in [4.69, 9.17) is 10.8 Å². The molecule has 0 rings (SSSR count). The van der Waals surface area contributed by atoms with Gasteiger partial charge >= 0.3 is 5.97 Å². The molecule has 0 unspecified atom stereocenters. The molecule has 58 valence electrons. The molecular formula is C7H13NO2. The second-order valence-corrected chi connectivity index (χ2v) is 2.16. The summed E-state index contributed by atoms with van der Waals surface area (Å²) >= 11 is 0. The fourth-order valence-corrected chi connectivity index (χ4v) is 0.606. The zero-order chi connectivity index (χ0) is 7.98. The first-order valence-electron chi connectivity index (χ1n) is 3.27. The fourth-order valence-electron chi connectivity index (χ4n) is 0.606. The van der Waals surface area contributed by atoms with Gasteiger partial charge in [-0.2, -0.15) is 0 Å². The Balaban J connectivity index is 3.30. The van der Waals surface area contributed by atoms with Crippen LogP contribution in [0.3, 0.4) is 0 Å². The highest BCUT2D eigenvalue weighted by Gasteiger charge is 2.08. The Morgan fingerprint density at radius 3 is 2.80 bits per heavy atom. The minimum absolute atomic E-state index is 0.529. The first-order chi connectivity index (χ1) is 4.68. The van der Waals surface area contributed by atoms with Crippen molar-refractivity contribution in [1.29, 1.82) is 0 Å². The van der Waals surface area contributed by atoms with E-state index in [2.05, 4.69) is 6.58 Å². The Morgan fingerprint density at radius 2 is 2.40 bits per heavy atom. The predicted octanol–water partition coefficient (Wildman–Crippen LogP) is 0.755. The van der Waals surface area contributed by atoms with Gasteiger partial charge in [-0.05, 0) is 19.3 Å². The molecule has 10 heavy (non-hydrogen) atoms. The molecule has 0 aromatic carbocycles. The summed E-state index contributed by atoms with van der Waals surface area (Å²) < 4.78 is 0. The van der Waals surface area contributed by atoms with E-state index in [0.29, 0.717) is 6.42 Å². The van der Waals surface area contributed by atoms with E-state index < -0.39 is 12.0 Å². The van der Waals surface area contributed by atoms with Crippen molar-refractivity contribution < 1.29 is 9.90 Å². The topological polar surface area (TPSA) is 63.3 Å². The third kappa shape index (κ3) is 4.09. The second kappa shape index (κ2) is 4.99. The molecule has 3 nitrogen and oxygen atoms in total. The van der Waals surface area contributed by atoms with Crippen LogP contribution in [0.4, 0.5) is 0 Å². The lowest BCUT2D eigenvalue weighted by Crippen LogP contribution is -2.29. The van der Waals surface area contributed by atoms with Crippen molar-refractivity contribution in [2.45, 2.75) is 25.3 Å². The number of carboxylic acid groups (broad SMARTS) is 1. The fraction of sp³-hybridized carbons (Fsp3) is 0.571. The van der Waals surface area contributed by atoms with Crippen LogP contribution in [0.25, 0.3) is 0 Å². The Labute approximate surface area is 60.5 Å². The van der Waals surface area contributed by atoms with Crippen molar-refractivity contribution in [2.75, 3.05) is 0 Å². The van der Waals surface area contributed by atoms with Gasteiger partial charge in [0, 0.05) is 0 Å². The molecule has 0 aromatic heterocycles. The maximum Gasteiger partial charge on any atom is 0.320 e. The van der Waals surface area contributed by atoms with E-state index in [1.165, 1.54) is 0 Å². The van der Waals surface area contributed by atoms with E-state index >= 15 is 0 Å². The van der Waals surface area contributed by atoms with Crippen LogP contribution >= 0.6 is 0 Å². The third-order valence-electron chi connectivity index (χ3n) is 1.24. The number of carbonyl (C=O) groups is 1. The smallest absolute Gasteiger partial charge is 0.320 e. The van der Waals surface area contributed by atoms with Crippen LogP contribution in [0.1, 0.15) is 19.3 Å². The minimum Gasteiger partial charge on any atom is -0.480 e. The molecule has 3 heteroatoms. The molecule has 0 heterocycles. The van der Waals surface area contributed by atoms with Crippen LogP contribution in [0.15, 0.2) is 12.7 Å². The summed E-state index contributed by atoms with van der Waals surface area (Å²) in [6.45, 7) is 3.51. The molecule has 0 aliphatic carbocycles. The summed E-state index contributed by atoms with van der Waals surface area (Å²) in [4.78, 5) is 10.1. The lowest BCUT2D eigenvalue weighted by Gasteiger charge is -2.02. The number of aliphatic carboxylic acids is 1. The lowest BCUT2D eigenvalue weighted by atomic mass is 10.1. The predicted molar refractivity (Wildman–Crippen MR) is 39.7 cm³/mol. The van der Waals surface area contributed by atoms with Gasteiger partial charge in [-0.25, -0.2) is 0 Å². The standard InChI is InChI=1S/C7H13NO2/c1-2-3-4-5-6(8)7(9)10/h2,6H,1,3-5,8H2,(H,9,10)/t6-/m0/s1. The highest BCUT2D eigenvalue weighted by atomic mass is 16.4. The number of carboxylic acids is 1. The molecule has 1 atom stereocenters. The summed E-state index contributed by atoms with van der Waals surface area (Å²) in [5, 5.41) is 8.33. The van der Waals surface area contributed by atoms with Crippen LogP contribution in [-0.2, 0) is 4.79 Å². The molecule has 0 saturated carbocycles. The molecule has 0 amide bonds. The Bertz CT molecular complexity index is 123. The van der Waals surface area contributed by atoms with Crippen molar-refractivity contribution in [3.63, 3.8) is 0 Å². The normalized spacial score (nSPS) is 12.5. The second-order valence-electron chi connectivity index (χ2n) is 2.16. The monoisotopic (exact) mass is 143 g/mol. The zero-order valence-electron chi connectivity index (χ0n) is 5.92. The molecule has 0 aliphatic heterocycles. The average molecular weight is 143 g/mol. The van der Waals surface area contributed by atoms with Crippen LogP contribution in [-0.4, -0.2) is 17.1 Å². The van der Waals surface area contributed by atoms with E-state index in [0.717, 1.165) is 12.8 Å². The van der Waals surface area contributed by atoms with Crippen LogP contribution in [0.5, 0.6) is 0 Å². The molecule has 0 aliphatic rings. The van der Waals surface area contributed by atoms with E-state index in [1.54, 1.807) is 6.08 Å². The highest BCUT2D eigenvalue weighted by molar-refractivity contribution is 5.72. The zero-order valence-corrected chi connectivity index (χ0v) is 5.92. The van der Waals surface area contributed by atoms with Crippen LogP contribution in [0, 0.1) is 0 Å². The number of nitrogens with two attached hydrogens (primary N) is 1. The van der Waals surface area contributed by atoms with Gasteiger partial charge in [-0.1, -0.05) is 6.08 Å². The van der Waals surface area contributed by atoms with Crippen molar-refractivity contribution in [3.8, 4) is 0 Å². The Kier molecular flexibility index (Phi) is 4.58. The molecule has 0 fully saturated rings. The van der Waals surface area contributed by atoms with Gasteiger partial charge in [0.05, 0.1) is 0 Å². The van der Waals surface area contributed by atoms with Gasteiger partial charge in [-0.3, -0.25) is 4.79 Å². The first-order valence-corrected chi connectivity index (χ1v) is 3.27. The van der Waals surface area contributed by atoms with Crippen molar-refractivity contribution >= 4 is 5.97 Å². The van der Waals surface area contributed by atoms with Gasteiger partial charge in [-0.15, -0.1) is 6.58 Å². The number of hydrogen-bond acceptors (Lipinski definition) is 2. The number of rotatable bonds is 5. The maximum atomic E-state index is 10.1. The van der Waals surface area contributed by atoms with E-state index in [-0.39, 0.29) is 0 Å². The molecule has 0 aromatic rings. The van der Waals surface area contributed by atoms with Gasteiger partial charge in [0.1, 0.15) is 6.04 Å². The van der Waals surface area contributed by atoms with Crippen molar-refractivity contribution in [2.24, 2.45) is 5.73 Å². The molecule has 0 spiro atoms. The van der Waals surface area contributed by atoms with Crippen LogP contribution < -0.4 is 5.73 Å². The Morgan fingerprint density at radius 1 is 1.80 bits per heavy atom. The van der Waals surface area contributed by atoms with Gasteiger partial charge in [0.25, 0.3) is 0 Å². The van der Waals surface area contributed by atoms with Gasteiger partial charge < -0.3 is 10.8 Å². The van der Waals surface area contributed by atoms with Crippen molar-refractivity contribution in [1.82, 2.24) is 0 Å². The average Bonchev–Trinajstić information content (AvgIpc) is 1.88. The minimum atomic E-state index is -0.927. The van der Waals surface area contributed by atoms with Gasteiger partial charge in [0.15, 0.2) is 0 Å². The number of allylic oxidation sites excluding steroid dienone is 1. The maximum absolute atomic E-state index is 10.1. The van der Waals surface area contributed by atoms with E-state index in [1.807, 2.05) is 0 Å². The first kappa shape index (κ1) is 9.17. The molecule has 0 bridgehead atoms. The summed E-state index contributed by atoms with van der Waals surface area (Å²) in [5.74, 6) is -0.927. The van der Waals surface area contributed by atoms with Gasteiger partial charge in [0.2, 0.25) is 0 Å². The molecule has 0 saturated heterocycles. The Hall–Kier alpha value is -0.830. The summed E-state index contributed by atoms with van der Waals surface area (Å²) in [6.07, 6.45) is 3.92. The summed E-state index contributed by atoms with van der Waals surface area (Å²) in [7, 11) is 0. The van der Waals surface area contributed by atoms with Crippen molar-refractivity contribution in [3.05, 3.63) is 12.7 Å². The quantitative estimate of drug-likeness (QED) is 0.441. The summed E-state index contributed by atoms with van der Waals surface area (Å²) in [6, 6.07) is -0.708. The number of unbranched alkanes of at least 4 members (excludes halogenated alkanes) is 1. The molecular weight excluding hydrogens is 130 g/mol. The number of hydrogen-bond donors (Lipinski definition) is 2. The van der Waals surface area contributed by atoms with Crippen LogP contribution in [0.2, 0.25) is 0 Å². The van der Waals surface area contributed by atoms with E-state index in [9.17, 15) is 4.79 Å².